The van der Waals surface area contributed by atoms with E-state index >= 15 is 0 Å². The van der Waals surface area contributed by atoms with Gasteiger partial charge in [0.05, 0.1) is 19.1 Å². The summed E-state index contributed by atoms with van der Waals surface area (Å²) in [6.45, 7) is 8.23. The molecule has 2 unspecified atom stereocenters. The Kier molecular flexibility index (Phi) is 19.7. The molecular weight excluding hydrogens is 432 g/mol. The number of carbonyl (C=O) groups is 2. The molecule has 0 spiro atoms. The minimum Gasteiger partial charge on any atom is -0.462 e. The van der Waals surface area contributed by atoms with Crippen LogP contribution in [0.1, 0.15) is 50.9 Å². The zero-order valence-corrected chi connectivity index (χ0v) is 20.8. The molecule has 180 valence electrons. The minimum absolute atomic E-state index is 0.0398. The zero-order chi connectivity index (χ0) is 24.9. The Morgan fingerprint density at radius 3 is 2.44 bits per heavy atom. The van der Waals surface area contributed by atoms with Crippen LogP contribution in [0.15, 0.2) is 21.2 Å². The number of terminal acetylenes is 1. The number of ether oxygens (including phenoxy) is 2. The van der Waals surface area contributed by atoms with E-state index in [0.29, 0.717) is 5.03 Å². The molecule has 1 aromatic rings. The van der Waals surface area contributed by atoms with Gasteiger partial charge >= 0.3 is 12.0 Å². The lowest BCUT2D eigenvalue weighted by molar-refractivity contribution is 0.0521. The van der Waals surface area contributed by atoms with Crippen LogP contribution in [0.3, 0.4) is 0 Å². The molecule has 2 amide bonds. The second-order valence-corrected chi connectivity index (χ2v) is 6.85. The number of hydrogen-bond acceptors (Lipinski definition) is 8. The maximum Gasteiger partial charge on any atom is 0.342 e. The number of aromatic nitrogens is 2. The molecule has 0 aromatic carbocycles. The number of nitrogens with one attached hydrogen (secondary N) is 2. The largest absolute Gasteiger partial charge is 0.462 e. The van der Waals surface area contributed by atoms with Gasteiger partial charge in [0.1, 0.15) is 10.6 Å². The summed E-state index contributed by atoms with van der Waals surface area (Å²) < 4.78 is 14.2. The quantitative estimate of drug-likeness (QED) is 0.179. The van der Waals surface area contributed by atoms with Crippen molar-refractivity contribution >= 4 is 36.5 Å². The SMILES string of the molecule is C#C.CCCC.CCOC(=O)c1cnn(C)c1SNC(=O)N/C=N/C(OC)C(C)C=NC. The fourth-order valence-corrected chi connectivity index (χ4v) is 2.58. The fourth-order valence-electron chi connectivity index (χ4n) is 1.91. The molecule has 1 heterocycles. The predicted molar refractivity (Wildman–Crippen MR) is 130 cm³/mol. The molecule has 0 radical (unpaired) electrons. The first-order valence-corrected chi connectivity index (χ1v) is 10.9. The number of aryl methyl sites for hydroxylation is 1. The molecule has 1 rings (SSSR count). The summed E-state index contributed by atoms with van der Waals surface area (Å²) in [6, 6.07) is -0.513. The summed E-state index contributed by atoms with van der Waals surface area (Å²) in [5.74, 6) is -0.538. The number of carbonyl (C=O) groups excluding carboxylic acids is 2. The minimum atomic E-state index is -0.513. The third-order valence-electron chi connectivity index (χ3n) is 3.61. The van der Waals surface area contributed by atoms with E-state index in [4.69, 9.17) is 9.47 Å². The van der Waals surface area contributed by atoms with Gasteiger partial charge < -0.3 is 14.5 Å². The van der Waals surface area contributed by atoms with E-state index < -0.39 is 18.2 Å². The van der Waals surface area contributed by atoms with E-state index in [1.807, 2.05) is 6.92 Å². The zero-order valence-electron chi connectivity index (χ0n) is 20.0. The Labute approximate surface area is 195 Å². The van der Waals surface area contributed by atoms with Crippen LogP contribution in [0, 0.1) is 18.8 Å². The second-order valence-electron chi connectivity index (χ2n) is 6.06. The molecule has 11 heteroatoms. The van der Waals surface area contributed by atoms with E-state index in [2.05, 4.69) is 51.8 Å². The van der Waals surface area contributed by atoms with Gasteiger partial charge in [-0.2, -0.15) is 5.10 Å². The van der Waals surface area contributed by atoms with Gasteiger partial charge in [-0.3, -0.25) is 14.7 Å². The average molecular weight is 469 g/mol. The maximum atomic E-state index is 11.9. The van der Waals surface area contributed by atoms with Crippen LogP contribution in [0.25, 0.3) is 0 Å². The second kappa shape index (κ2) is 20.1. The van der Waals surface area contributed by atoms with Crippen molar-refractivity contribution in [1.82, 2.24) is 19.8 Å². The fraction of sp³-hybridized carbons (Fsp3) is 0.571. The molecule has 0 aliphatic carbocycles. The first-order chi connectivity index (χ1) is 15.4. The third-order valence-corrected chi connectivity index (χ3v) is 4.58. The number of amides is 2. The lowest BCUT2D eigenvalue weighted by Crippen LogP contribution is -2.31. The van der Waals surface area contributed by atoms with Gasteiger partial charge in [-0.05, 0) is 6.92 Å². The van der Waals surface area contributed by atoms with Crippen LogP contribution < -0.4 is 10.0 Å². The van der Waals surface area contributed by atoms with E-state index in [1.54, 1.807) is 27.2 Å². The summed E-state index contributed by atoms with van der Waals surface area (Å²) in [5, 5.41) is 6.92. The third kappa shape index (κ3) is 12.8. The monoisotopic (exact) mass is 468 g/mol. The van der Waals surface area contributed by atoms with E-state index in [9.17, 15) is 9.59 Å². The smallest absolute Gasteiger partial charge is 0.342 e. The highest BCUT2D eigenvalue weighted by atomic mass is 32.2. The van der Waals surface area contributed by atoms with Crippen molar-refractivity contribution in [3.05, 3.63) is 11.8 Å². The first kappa shape index (κ1) is 31.3. The van der Waals surface area contributed by atoms with Gasteiger partial charge in [-0.1, -0.05) is 33.6 Å². The lowest BCUT2D eigenvalue weighted by atomic mass is 10.2. The molecule has 0 bridgehead atoms. The van der Waals surface area contributed by atoms with E-state index in [1.165, 1.54) is 37.2 Å². The van der Waals surface area contributed by atoms with Gasteiger partial charge in [-0.25, -0.2) is 14.6 Å². The predicted octanol–water partition coefficient (Wildman–Crippen LogP) is 3.30. The standard InChI is InChI=1S/C15H24N6O4S.C4H10.C2H2/c1-6-25-14(22)11-8-19-21(4)13(11)26-20-15(23)18-9-17-12(24-5)10(2)7-16-3;1-3-4-2;1-2/h7-10,12H,6H2,1-5H3,(H2,17,18,20,23);3-4H2,1-2H3;1-2H. The van der Waals surface area contributed by atoms with Crippen molar-refractivity contribution in [2.45, 2.75) is 51.8 Å². The maximum absolute atomic E-state index is 11.9. The van der Waals surface area contributed by atoms with Gasteiger partial charge in [0.2, 0.25) is 0 Å². The van der Waals surface area contributed by atoms with E-state index in [-0.39, 0.29) is 18.1 Å². The topological polar surface area (TPSA) is 119 Å². The summed E-state index contributed by atoms with van der Waals surface area (Å²) in [6.07, 6.45) is 14.5. The Morgan fingerprint density at radius 1 is 1.31 bits per heavy atom. The molecule has 0 saturated heterocycles. The molecule has 0 saturated carbocycles. The van der Waals surface area contributed by atoms with Crippen LogP contribution in [-0.4, -0.2) is 61.3 Å². The normalized spacial score (nSPS) is 12.2. The van der Waals surface area contributed by atoms with Crippen molar-refractivity contribution in [3.8, 4) is 12.8 Å². The number of urea groups is 1. The molecule has 2 N–H and O–H groups in total. The van der Waals surface area contributed by atoms with Crippen LogP contribution in [0.4, 0.5) is 4.79 Å². The molecule has 0 fully saturated rings. The van der Waals surface area contributed by atoms with Crippen molar-refractivity contribution in [1.29, 1.82) is 0 Å². The van der Waals surface area contributed by atoms with Crippen molar-refractivity contribution in [3.63, 3.8) is 0 Å². The molecule has 1 aromatic heterocycles. The molecule has 32 heavy (non-hydrogen) atoms. The van der Waals surface area contributed by atoms with Crippen molar-refractivity contribution in [2.24, 2.45) is 23.0 Å². The van der Waals surface area contributed by atoms with Crippen LogP contribution in [0.5, 0.6) is 0 Å². The Hall–Kier alpha value is -2.84. The average Bonchev–Trinajstić information content (AvgIpc) is 3.17. The molecule has 10 nitrogen and oxygen atoms in total. The van der Waals surface area contributed by atoms with Crippen molar-refractivity contribution in [2.75, 3.05) is 20.8 Å². The van der Waals surface area contributed by atoms with Gasteiger partial charge in [0, 0.05) is 45.3 Å². The van der Waals surface area contributed by atoms with Gasteiger partial charge in [0.15, 0.2) is 6.23 Å². The number of aliphatic imine (C=N–C) groups is 2. The number of nitrogens with zero attached hydrogens (tertiary/aromatic N) is 4. The lowest BCUT2D eigenvalue weighted by Gasteiger charge is -2.14. The summed E-state index contributed by atoms with van der Waals surface area (Å²) in [5.41, 5.74) is 0.278. The highest BCUT2D eigenvalue weighted by molar-refractivity contribution is 7.98. The Balaban J connectivity index is 0. The van der Waals surface area contributed by atoms with Gasteiger partial charge in [-0.15, -0.1) is 12.8 Å². The number of hydrogen-bond donors (Lipinski definition) is 2. The van der Waals surface area contributed by atoms with Crippen LogP contribution in [0.2, 0.25) is 0 Å². The number of esters is 1. The number of methoxy groups -OCH3 is 1. The summed E-state index contributed by atoms with van der Waals surface area (Å²) >= 11 is 0.945. The van der Waals surface area contributed by atoms with Crippen molar-refractivity contribution < 1.29 is 19.1 Å². The first-order valence-electron chi connectivity index (χ1n) is 10.1. The molecule has 2 atom stereocenters. The highest BCUT2D eigenvalue weighted by Crippen LogP contribution is 2.20. The Bertz CT molecular complexity index is 731. The molecule has 0 aliphatic rings. The highest BCUT2D eigenvalue weighted by Gasteiger charge is 2.18. The number of rotatable bonds is 10. The summed E-state index contributed by atoms with van der Waals surface area (Å²) in [7, 11) is 4.85. The van der Waals surface area contributed by atoms with Crippen LogP contribution >= 0.6 is 11.9 Å². The van der Waals surface area contributed by atoms with Gasteiger partial charge in [0.25, 0.3) is 0 Å². The number of unbranched alkanes of at least 4 members (excludes halogenated alkanes) is 1. The summed E-state index contributed by atoms with van der Waals surface area (Å²) in [4.78, 5) is 31.8. The molecule has 0 aliphatic heterocycles. The molecular formula is C21H36N6O4S. The van der Waals surface area contributed by atoms with E-state index in [0.717, 1.165) is 11.9 Å². The van der Waals surface area contributed by atoms with Crippen LogP contribution in [-0.2, 0) is 16.5 Å². The Morgan fingerprint density at radius 2 is 1.94 bits per heavy atom.